The average Bonchev–Trinajstić information content (AvgIpc) is 3.70. The summed E-state index contributed by atoms with van der Waals surface area (Å²) >= 11 is 3.63. The summed E-state index contributed by atoms with van der Waals surface area (Å²) in [4.78, 5) is 49.5. The second-order valence-electron chi connectivity index (χ2n) is 8.39. The maximum absolute atomic E-state index is 13.9. The first-order chi connectivity index (χ1) is 18.3. The lowest BCUT2D eigenvalue weighted by Crippen LogP contribution is -2.30. The Morgan fingerprint density at radius 3 is 2.58 bits per heavy atom. The number of carbonyl (C=O) groups is 2. The summed E-state index contributed by atoms with van der Waals surface area (Å²) in [6.45, 7) is 1.73. The third-order valence-electron chi connectivity index (χ3n) is 6.07. The zero-order chi connectivity index (χ0) is 26.6. The number of aliphatic hydroxyl groups is 1. The van der Waals surface area contributed by atoms with Crippen molar-refractivity contribution in [1.29, 1.82) is 0 Å². The number of nitro benzene ring substituents is 1. The van der Waals surface area contributed by atoms with Gasteiger partial charge < -0.3 is 5.11 Å². The second-order valence-corrected chi connectivity index (χ2v) is 11.4. The molecule has 188 valence electrons. The van der Waals surface area contributed by atoms with Crippen LogP contribution in [0.2, 0.25) is 0 Å². The van der Waals surface area contributed by atoms with Gasteiger partial charge in [-0.25, -0.2) is 9.97 Å². The lowest BCUT2D eigenvalue weighted by atomic mass is 10.0. The predicted octanol–water partition coefficient (Wildman–Crippen LogP) is 6.48. The summed E-state index contributed by atoms with van der Waals surface area (Å²) in [5, 5.41) is 25.0. The number of thiazole rings is 2. The average molecular weight is 561 g/mol. The van der Waals surface area contributed by atoms with E-state index in [0.717, 1.165) is 16.9 Å². The molecule has 4 heterocycles. The molecule has 1 amide bonds. The number of aliphatic hydroxyl groups excluding tert-OH is 1. The molecule has 0 fully saturated rings. The summed E-state index contributed by atoms with van der Waals surface area (Å²) in [5.74, 6) is -1.89. The van der Waals surface area contributed by atoms with E-state index in [1.165, 1.54) is 45.8 Å². The van der Waals surface area contributed by atoms with Gasteiger partial charge >= 0.3 is 0 Å². The van der Waals surface area contributed by atoms with E-state index in [0.29, 0.717) is 30.7 Å². The molecule has 1 N–H and O–H groups in total. The van der Waals surface area contributed by atoms with E-state index in [1.54, 1.807) is 19.1 Å². The van der Waals surface area contributed by atoms with E-state index >= 15 is 0 Å². The summed E-state index contributed by atoms with van der Waals surface area (Å²) < 4.78 is 0.511. The molecule has 2 aromatic carbocycles. The number of rotatable bonds is 6. The first-order valence-electron chi connectivity index (χ1n) is 11.3. The Morgan fingerprint density at radius 2 is 1.87 bits per heavy atom. The first kappa shape index (κ1) is 24.1. The van der Waals surface area contributed by atoms with Crippen molar-refractivity contribution in [3.8, 4) is 10.6 Å². The fraction of sp³-hybridized carbons (Fsp3) is 0.0769. The Morgan fingerprint density at radius 1 is 1.08 bits per heavy atom. The van der Waals surface area contributed by atoms with Crippen LogP contribution in [0.3, 0.4) is 0 Å². The molecule has 6 rings (SSSR count). The van der Waals surface area contributed by atoms with Gasteiger partial charge in [0.2, 0.25) is 5.78 Å². The van der Waals surface area contributed by atoms with Crippen molar-refractivity contribution >= 4 is 66.7 Å². The molecule has 0 bridgehead atoms. The number of benzene rings is 2. The van der Waals surface area contributed by atoms with Crippen molar-refractivity contribution < 1.29 is 19.6 Å². The van der Waals surface area contributed by atoms with Crippen LogP contribution in [0.5, 0.6) is 0 Å². The molecule has 1 aliphatic rings. The SMILES string of the molecule is Cc1nc(-c2ccccc2)sc1C(=O)C1=C(O)C(=O)N(c2nc3ccc([N+](=O)[O-])cc3s2)C1c1cccs1. The summed E-state index contributed by atoms with van der Waals surface area (Å²) in [7, 11) is 0. The molecule has 12 heteroatoms. The van der Waals surface area contributed by atoms with E-state index < -0.39 is 28.4 Å². The molecule has 3 aromatic heterocycles. The number of nitro groups is 1. The van der Waals surface area contributed by atoms with Gasteiger partial charge in [0.25, 0.3) is 11.6 Å². The number of amides is 1. The minimum absolute atomic E-state index is 0.0472. The summed E-state index contributed by atoms with van der Waals surface area (Å²) in [5.41, 5.74) is 1.69. The molecule has 1 aliphatic heterocycles. The van der Waals surface area contributed by atoms with Gasteiger partial charge in [0, 0.05) is 22.6 Å². The topological polar surface area (TPSA) is 127 Å². The predicted molar refractivity (Wildman–Crippen MR) is 147 cm³/mol. The molecule has 0 spiro atoms. The Balaban J connectivity index is 1.45. The smallest absolute Gasteiger partial charge is 0.296 e. The number of nitrogens with zero attached hydrogens (tertiary/aromatic N) is 4. The molecule has 0 saturated carbocycles. The van der Waals surface area contributed by atoms with Crippen LogP contribution >= 0.6 is 34.0 Å². The molecular formula is C26H16N4O5S3. The van der Waals surface area contributed by atoms with Crippen molar-refractivity contribution in [2.45, 2.75) is 13.0 Å². The molecule has 5 aromatic rings. The van der Waals surface area contributed by atoms with Crippen LogP contribution in [-0.2, 0) is 4.79 Å². The normalized spacial score (nSPS) is 15.6. The lowest BCUT2D eigenvalue weighted by molar-refractivity contribution is -0.384. The number of carbonyl (C=O) groups excluding carboxylic acids is 2. The summed E-state index contributed by atoms with van der Waals surface area (Å²) in [6, 6.07) is 16.4. The van der Waals surface area contributed by atoms with E-state index in [-0.39, 0.29) is 16.4 Å². The standard InChI is InChI=1S/C26H16N4O5S3/c1-13-23(38-24(27-13)14-6-3-2-4-7-14)21(31)19-20(17-8-5-11-36-17)29(25(33)22(19)32)26-28-16-10-9-15(30(34)35)12-18(16)37-26/h2-12,20,32H,1H3. The quantitative estimate of drug-likeness (QED) is 0.143. The third kappa shape index (κ3) is 3.90. The Hall–Kier alpha value is -4.26. The second kappa shape index (κ2) is 9.24. The highest BCUT2D eigenvalue weighted by Gasteiger charge is 2.47. The van der Waals surface area contributed by atoms with Gasteiger partial charge in [-0.3, -0.25) is 24.6 Å². The zero-order valence-electron chi connectivity index (χ0n) is 19.5. The van der Waals surface area contributed by atoms with Crippen LogP contribution in [0.15, 0.2) is 77.4 Å². The van der Waals surface area contributed by atoms with Crippen molar-refractivity contribution in [1.82, 2.24) is 9.97 Å². The molecule has 0 saturated heterocycles. The fourth-order valence-electron chi connectivity index (χ4n) is 4.30. The fourth-order valence-corrected chi connectivity index (χ4v) is 7.18. The van der Waals surface area contributed by atoms with E-state index in [1.807, 2.05) is 35.7 Å². The molecular weight excluding hydrogens is 545 g/mol. The lowest BCUT2D eigenvalue weighted by Gasteiger charge is -2.22. The van der Waals surface area contributed by atoms with Crippen LogP contribution in [0.1, 0.15) is 26.3 Å². The van der Waals surface area contributed by atoms with Gasteiger partial charge in [0.1, 0.15) is 11.0 Å². The minimum Gasteiger partial charge on any atom is -0.503 e. The number of thiophene rings is 1. The number of Topliss-reactive ketones (excluding diaryl/α,β-unsaturated/α-hetero) is 1. The maximum Gasteiger partial charge on any atom is 0.296 e. The molecule has 0 radical (unpaired) electrons. The number of aromatic nitrogens is 2. The molecule has 1 unspecified atom stereocenters. The van der Waals surface area contributed by atoms with E-state index in [4.69, 9.17) is 0 Å². The van der Waals surface area contributed by atoms with Crippen LogP contribution in [0, 0.1) is 17.0 Å². The molecule has 1 atom stereocenters. The number of hydrogen-bond donors (Lipinski definition) is 1. The Kier molecular flexibility index (Phi) is 5.86. The van der Waals surface area contributed by atoms with Gasteiger partial charge in [-0.15, -0.1) is 22.7 Å². The highest BCUT2D eigenvalue weighted by atomic mass is 32.1. The van der Waals surface area contributed by atoms with Crippen molar-refractivity contribution in [2.75, 3.05) is 4.90 Å². The van der Waals surface area contributed by atoms with Crippen molar-refractivity contribution in [3.05, 3.63) is 103 Å². The Labute approximate surface area is 227 Å². The van der Waals surface area contributed by atoms with E-state index in [9.17, 15) is 24.8 Å². The number of anilines is 1. The number of aryl methyl sites for hydroxylation is 1. The highest BCUT2D eigenvalue weighted by Crippen LogP contribution is 2.46. The van der Waals surface area contributed by atoms with Gasteiger partial charge in [-0.1, -0.05) is 47.7 Å². The van der Waals surface area contributed by atoms with Crippen LogP contribution in [-0.4, -0.2) is 31.7 Å². The minimum atomic E-state index is -0.910. The van der Waals surface area contributed by atoms with Crippen LogP contribution in [0.25, 0.3) is 20.8 Å². The van der Waals surface area contributed by atoms with Crippen LogP contribution in [0.4, 0.5) is 10.8 Å². The van der Waals surface area contributed by atoms with Crippen molar-refractivity contribution in [3.63, 3.8) is 0 Å². The number of hydrogen-bond acceptors (Lipinski definition) is 10. The largest absolute Gasteiger partial charge is 0.503 e. The van der Waals surface area contributed by atoms with Gasteiger partial charge in [-0.2, -0.15) is 0 Å². The van der Waals surface area contributed by atoms with Crippen LogP contribution < -0.4 is 4.90 Å². The number of ketones is 1. The molecule has 38 heavy (non-hydrogen) atoms. The van der Waals surface area contributed by atoms with Crippen molar-refractivity contribution in [2.24, 2.45) is 0 Å². The third-order valence-corrected chi connectivity index (χ3v) is 9.21. The molecule has 0 aliphatic carbocycles. The number of non-ortho nitro benzene ring substituents is 1. The monoisotopic (exact) mass is 560 g/mol. The molecule has 9 nitrogen and oxygen atoms in total. The Bertz CT molecular complexity index is 1770. The highest BCUT2D eigenvalue weighted by molar-refractivity contribution is 7.22. The zero-order valence-corrected chi connectivity index (χ0v) is 22.0. The maximum atomic E-state index is 13.9. The first-order valence-corrected chi connectivity index (χ1v) is 13.8. The summed E-state index contributed by atoms with van der Waals surface area (Å²) in [6.07, 6.45) is 0. The number of fused-ring (bicyclic) bond motifs is 1. The van der Waals surface area contributed by atoms with E-state index in [2.05, 4.69) is 9.97 Å². The van der Waals surface area contributed by atoms with Gasteiger partial charge in [0.15, 0.2) is 10.9 Å². The van der Waals surface area contributed by atoms with Gasteiger partial charge in [0.05, 0.1) is 31.3 Å². The van der Waals surface area contributed by atoms with Gasteiger partial charge in [-0.05, 0) is 24.4 Å².